The SMILES string of the molecule is CO[C@H]1CC[C@H](n2c([C@@H]3CCCC(=O)N3c3ccc(F)c(F)c3)nc3cc(N4CCN(C)C4=O)ccc32)CC1. The van der Waals surface area contributed by atoms with Gasteiger partial charge in [0, 0.05) is 57.2 Å². The summed E-state index contributed by atoms with van der Waals surface area (Å²) in [6.45, 7) is 1.27. The normalized spacial score (nSPS) is 24.3. The van der Waals surface area contributed by atoms with Crippen molar-refractivity contribution in [2.75, 3.05) is 37.0 Å². The second-order valence-electron chi connectivity index (χ2n) is 10.8. The predicted octanol–water partition coefficient (Wildman–Crippen LogP) is 5.57. The third-order valence-corrected chi connectivity index (χ3v) is 8.50. The fraction of sp³-hybridized carbons (Fsp3) is 0.483. The summed E-state index contributed by atoms with van der Waals surface area (Å²) in [7, 11) is 3.53. The molecule has 3 aliphatic rings. The van der Waals surface area contributed by atoms with Crippen LogP contribution in [0.4, 0.5) is 25.0 Å². The molecule has 0 N–H and O–H groups in total. The number of nitrogens with zero attached hydrogens (tertiary/aromatic N) is 5. The van der Waals surface area contributed by atoms with Gasteiger partial charge in [-0.2, -0.15) is 0 Å². The van der Waals surface area contributed by atoms with Crippen molar-refractivity contribution in [3.05, 3.63) is 53.9 Å². The topological polar surface area (TPSA) is 70.9 Å². The van der Waals surface area contributed by atoms with E-state index < -0.39 is 17.7 Å². The van der Waals surface area contributed by atoms with Crippen molar-refractivity contribution in [1.82, 2.24) is 14.5 Å². The third kappa shape index (κ3) is 4.54. The molecule has 1 aromatic heterocycles. The summed E-state index contributed by atoms with van der Waals surface area (Å²) in [4.78, 5) is 36.1. The molecular weight excluding hydrogens is 504 g/mol. The largest absolute Gasteiger partial charge is 0.381 e. The lowest BCUT2D eigenvalue weighted by Crippen LogP contribution is -2.40. The average Bonchev–Trinajstić information content (AvgIpc) is 3.49. The van der Waals surface area contributed by atoms with Crippen LogP contribution in [-0.2, 0) is 9.53 Å². The molecule has 2 aromatic carbocycles. The van der Waals surface area contributed by atoms with Gasteiger partial charge in [-0.15, -0.1) is 0 Å². The minimum Gasteiger partial charge on any atom is -0.381 e. The highest BCUT2D eigenvalue weighted by molar-refractivity contribution is 5.97. The molecule has 2 aliphatic heterocycles. The molecule has 3 aromatic rings. The number of hydrogen-bond acceptors (Lipinski definition) is 4. The number of fused-ring (bicyclic) bond motifs is 1. The van der Waals surface area contributed by atoms with Crippen LogP contribution in [0.3, 0.4) is 0 Å². The molecule has 0 bridgehead atoms. The smallest absolute Gasteiger partial charge is 0.324 e. The number of ether oxygens (including phenoxy) is 1. The molecule has 1 saturated carbocycles. The number of carbonyl (C=O) groups is 2. The zero-order valence-corrected chi connectivity index (χ0v) is 22.3. The van der Waals surface area contributed by atoms with Crippen molar-refractivity contribution in [2.45, 2.75) is 63.1 Å². The summed E-state index contributed by atoms with van der Waals surface area (Å²) in [5.41, 5.74) is 2.81. The zero-order valence-electron chi connectivity index (χ0n) is 22.3. The molecule has 3 heterocycles. The molecule has 3 amide bonds. The van der Waals surface area contributed by atoms with E-state index in [9.17, 15) is 18.4 Å². The van der Waals surface area contributed by atoms with E-state index in [0.29, 0.717) is 38.0 Å². The summed E-state index contributed by atoms with van der Waals surface area (Å²) in [5, 5.41) is 0. The molecule has 206 valence electrons. The molecule has 39 heavy (non-hydrogen) atoms. The monoisotopic (exact) mass is 537 g/mol. The van der Waals surface area contributed by atoms with Crippen LogP contribution in [0, 0.1) is 11.6 Å². The van der Waals surface area contributed by atoms with Gasteiger partial charge in [-0.3, -0.25) is 9.69 Å². The fourth-order valence-corrected chi connectivity index (χ4v) is 6.39. The maximum Gasteiger partial charge on any atom is 0.324 e. The number of rotatable bonds is 5. The Morgan fingerprint density at radius 3 is 2.38 bits per heavy atom. The summed E-state index contributed by atoms with van der Waals surface area (Å²) in [6, 6.07) is 9.22. The molecule has 2 saturated heterocycles. The van der Waals surface area contributed by atoms with Gasteiger partial charge >= 0.3 is 6.03 Å². The van der Waals surface area contributed by atoms with Crippen LogP contribution < -0.4 is 9.80 Å². The third-order valence-electron chi connectivity index (χ3n) is 8.50. The maximum atomic E-state index is 14.3. The number of methoxy groups -OCH3 is 1. The summed E-state index contributed by atoms with van der Waals surface area (Å²) in [5.74, 6) is -1.33. The van der Waals surface area contributed by atoms with E-state index in [0.717, 1.165) is 60.4 Å². The van der Waals surface area contributed by atoms with E-state index in [2.05, 4.69) is 4.57 Å². The quantitative estimate of drug-likeness (QED) is 0.426. The maximum absolute atomic E-state index is 14.3. The van der Waals surface area contributed by atoms with E-state index in [1.807, 2.05) is 18.2 Å². The number of aromatic nitrogens is 2. The van der Waals surface area contributed by atoms with E-state index in [-0.39, 0.29) is 24.1 Å². The standard InChI is InChI=1S/C29H33F2N5O3/c1-33-14-15-34(29(33)38)19-9-13-25-24(17-19)32-28(36(25)18-6-10-21(39-2)11-7-18)26-4-3-5-27(37)35(26)20-8-12-22(30)23(31)16-20/h8-9,12-13,16-18,21,26H,3-7,10-11,14-15H2,1-2H3/t18-,21-,26-/m0/s1. The van der Waals surface area contributed by atoms with E-state index in [1.165, 1.54) is 6.07 Å². The first-order chi connectivity index (χ1) is 18.9. The van der Waals surface area contributed by atoms with Crippen molar-refractivity contribution in [1.29, 1.82) is 0 Å². The van der Waals surface area contributed by atoms with Gasteiger partial charge in [0.15, 0.2) is 11.6 Å². The van der Waals surface area contributed by atoms with Crippen molar-refractivity contribution >= 4 is 34.3 Å². The molecule has 10 heteroatoms. The molecule has 1 aliphatic carbocycles. The van der Waals surface area contributed by atoms with Crippen LogP contribution in [0.15, 0.2) is 36.4 Å². The van der Waals surface area contributed by atoms with Crippen LogP contribution in [0.5, 0.6) is 0 Å². The van der Waals surface area contributed by atoms with Crippen molar-refractivity contribution < 1.29 is 23.1 Å². The van der Waals surface area contributed by atoms with Gasteiger partial charge < -0.3 is 19.1 Å². The first kappa shape index (κ1) is 25.7. The van der Waals surface area contributed by atoms with Crippen molar-refractivity contribution in [2.24, 2.45) is 0 Å². The average molecular weight is 538 g/mol. The Bertz CT molecular complexity index is 1420. The Morgan fingerprint density at radius 1 is 0.923 bits per heavy atom. The van der Waals surface area contributed by atoms with Gasteiger partial charge in [-0.1, -0.05) is 0 Å². The summed E-state index contributed by atoms with van der Waals surface area (Å²) in [6.07, 6.45) is 5.54. The highest BCUT2D eigenvalue weighted by atomic mass is 19.2. The summed E-state index contributed by atoms with van der Waals surface area (Å²) < 4.78 is 35.9. The Morgan fingerprint density at radius 2 is 1.69 bits per heavy atom. The highest BCUT2D eigenvalue weighted by Crippen LogP contribution is 2.41. The number of urea groups is 1. The fourth-order valence-electron chi connectivity index (χ4n) is 6.39. The minimum atomic E-state index is -0.985. The number of likely N-dealkylation sites (N-methyl/N-ethyl adjacent to an activating group) is 1. The van der Waals surface area contributed by atoms with Crippen LogP contribution in [0.2, 0.25) is 0 Å². The zero-order chi connectivity index (χ0) is 27.3. The van der Waals surface area contributed by atoms with Crippen LogP contribution in [0.1, 0.15) is 62.9 Å². The molecular formula is C29H33F2N5O3. The Balaban J connectivity index is 1.46. The first-order valence-electron chi connectivity index (χ1n) is 13.7. The van der Waals surface area contributed by atoms with Crippen LogP contribution in [-0.4, -0.2) is 59.7 Å². The Labute approximate surface area is 226 Å². The van der Waals surface area contributed by atoms with Gasteiger partial charge in [0.25, 0.3) is 0 Å². The van der Waals surface area contributed by atoms with Gasteiger partial charge in [0.05, 0.1) is 23.2 Å². The molecule has 8 nitrogen and oxygen atoms in total. The van der Waals surface area contributed by atoms with E-state index >= 15 is 0 Å². The molecule has 0 unspecified atom stereocenters. The second-order valence-corrected chi connectivity index (χ2v) is 10.8. The number of carbonyl (C=O) groups excluding carboxylic acids is 2. The van der Waals surface area contributed by atoms with Gasteiger partial charge in [0.1, 0.15) is 5.82 Å². The highest BCUT2D eigenvalue weighted by Gasteiger charge is 2.37. The van der Waals surface area contributed by atoms with Crippen molar-refractivity contribution in [3.8, 4) is 0 Å². The number of piperidine rings is 1. The first-order valence-corrected chi connectivity index (χ1v) is 13.7. The molecule has 1 atom stereocenters. The van der Waals surface area contributed by atoms with Gasteiger partial charge in [-0.25, -0.2) is 18.6 Å². The Hall–Kier alpha value is -3.53. The summed E-state index contributed by atoms with van der Waals surface area (Å²) >= 11 is 0. The number of imidazole rings is 1. The molecule has 6 rings (SSSR count). The van der Waals surface area contributed by atoms with E-state index in [4.69, 9.17) is 9.72 Å². The molecule has 0 spiro atoms. The number of halogens is 2. The number of anilines is 2. The number of hydrogen-bond donors (Lipinski definition) is 0. The second kappa shape index (κ2) is 10.2. The number of benzene rings is 2. The number of amides is 3. The predicted molar refractivity (Wildman–Crippen MR) is 144 cm³/mol. The van der Waals surface area contributed by atoms with Gasteiger partial charge in [-0.05, 0) is 68.9 Å². The molecule has 3 fully saturated rings. The van der Waals surface area contributed by atoms with E-state index in [1.54, 1.807) is 28.9 Å². The Kier molecular flexibility index (Phi) is 6.74. The lowest BCUT2D eigenvalue weighted by Gasteiger charge is -2.37. The minimum absolute atomic E-state index is 0.0470. The lowest BCUT2D eigenvalue weighted by atomic mass is 9.92. The van der Waals surface area contributed by atoms with Crippen LogP contribution >= 0.6 is 0 Å². The lowest BCUT2D eigenvalue weighted by molar-refractivity contribution is -0.120. The molecule has 0 radical (unpaired) electrons. The van der Waals surface area contributed by atoms with Crippen LogP contribution in [0.25, 0.3) is 11.0 Å². The van der Waals surface area contributed by atoms with Gasteiger partial charge in [0.2, 0.25) is 5.91 Å². The van der Waals surface area contributed by atoms with Crippen molar-refractivity contribution in [3.63, 3.8) is 0 Å².